The molecule has 6 nitrogen and oxygen atoms in total. The Morgan fingerprint density at radius 1 is 0.973 bits per heavy atom. The quantitative estimate of drug-likeness (QED) is 0.261. The van der Waals surface area contributed by atoms with Gasteiger partial charge in [0.2, 0.25) is 5.88 Å². The minimum atomic E-state index is -0.940. The fraction of sp³-hybridized carbons (Fsp3) is 0.233. The summed E-state index contributed by atoms with van der Waals surface area (Å²) in [6.07, 6.45) is 1.74. The molecule has 0 saturated carbocycles. The predicted molar refractivity (Wildman–Crippen MR) is 141 cm³/mol. The van der Waals surface area contributed by atoms with Crippen LogP contribution in [0.25, 0.3) is 0 Å². The van der Waals surface area contributed by atoms with Crippen LogP contribution < -0.4 is 10.1 Å². The van der Waals surface area contributed by atoms with Crippen molar-refractivity contribution >= 4 is 11.8 Å². The molecule has 190 valence electrons. The number of carboxylic acid groups (broad SMARTS) is 1. The summed E-state index contributed by atoms with van der Waals surface area (Å²) in [5.74, 6) is -0.960. The number of benzene rings is 2. The average Bonchev–Trinajstić information content (AvgIpc) is 2.87. The zero-order valence-electron chi connectivity index (χ0n) is 21.1. The maximum Gasteiger partial charge on any atom is 0.308 e. The molecule has 2 aromatic heterocycles. The predicted octanol–water partition coefficient (Wildman–Crippen LogP) is 6.90. The Labute approximate surface area is 216 Å². The van der Waals surface area contributed by atoms with Crippen LogP contribution in [0, 0.1) is 17.2 Å². The monoisotopic (exact) mass is 499 g/mol. The molecule has 4 aromatic rings. The van der Waals surface area contributed by atoms with Crippen molar-refractivity contribution in [3.63, 3.8) is 0 Å². The molecule has 4 rings (SSSR count). The number of hydrogen-bond acceptors (Lipinski definition) is 5. The Kier molecular flexibility index (Phi) is 7.82. The maximum atomic E-state index is 13.7. The summed E-state index contributed by atoms with van der Waals surface area (Å²) in [5, 5.41) is 13.4. The number of halogens is 1. The molecule has 2 aromatic carbocycles. The molecular formula is C30H30FN3O3. The van der Waals surface area contributed by atoms with Gasteiger partial charge in [-0.2, -0.15) is 0 Å². The first-order valence-electron chi connectivity index (χ1n) is 12.1. The van der Waals surface area contributed by atoms with Gasteiger partial charge in [-0.15, -0.1) is 0 Å². The Morgan fingerprint density at radius 3 is 2.32 bits per heavy atom. The molecule has 2 heterocycles. The lowest BCUT2D eigenvalue weighted by molar-refractivity contribution is -0.146. The van der Waals surface area contributed by atoms with Crippen molar-refractivity contribution in [1.29, 1.82) is 0 Å². The number of carboxylic acids is 1. The van der Waals surface area contributed by atoms with Crippen molar-refractivity contribution < 1.29 is 19.0 Å². The van der Waals surface area contributed by atoms with Crippen LogP contribution >= 0.6 is 0 Å². The van der Waals surface area contributed by atoms with E-state index in [-0.39, 0.29) is 5.82 Å². The van der Waals surface area contributed by atoms with Crippen LogP contribution in [0.15, 0.2) is 91.1 Å². The summed E-state index contributed by atoms with van der Waals surface area (Å²) < 4.78 is 19.7. The Morgan fingerprint density at radius 2 is 1.70 bits per heavy atom. The maximum absolute atomic E-state index is 13.7. The van der Waals surface area contributed by atoms with E-state index in [1.54, 1.807) is 36.5 Å². The van der Waals surface area contributed by atoms with Gasteiger partial charge in [-0.1, -0.05) is 57.2 Å². The zero-order chi connectivity index (χ0) is 26.4. The first kappa shape index (κ1) is 25.8. The highest BCUT2D eigenvalue weighted by Gasteiger charge is 2.40. The van der Waals surface area contributed by atoms with Crippen molar-refractivity contribution in [3.05, 3.63) is 114 Å². The molecule has 0 fully saturated rings. The Bertz CT molecular complexity index is 1320. The number of carbonyl (C=O) groups is 1. The molecular weight excluding hydrogens is 469 g/mol. The number of rotatable bonds is 9. The van der Waals surface area contributed by atoms with E-state index in [0.29, 0.717) is 29.4 Å². The summed E-state index contributed by atoms with van der Waals surface area (Å²) in [4.78, 5) is 21.3. The van der Waals surface area contributed by atoms with Crippen LogP contribution in [-0.2, 0) is 11.3 Å². The topological polar surface area (TPSA) is 84.3 Å². The van der Waals surface area contributed by atoms with Gasteiger partial charge >= 0.3 is 5.97 Å². The summed E-state index contributed by atoms with van der Waals surface area (Å²) in [6.45, 7) is 6.26. The number of pyridine rings is 2. The van der Waals surface area contributed by atoms with Crippen molar-refractivity contribution in [2.24, 2.45) is 11.3 Å². The minimum absolute atomic E-state index is 0.349. The van der Waals surface area contributed by atoms with E-state index >= 15 is 0 Å². The van der Waals surface area contributed by atoms with E-state index < -0.39 is 23.2 Å². The average molecular weight is 500 g/mol. The molecule has 0 radical (unpaired) electrons. The smallest absolute Gasteiger partial charge is 0.308 e. The molecule has 2 N–H and O–H groups in total. The molecule has 0 bridgehead atoms. The molecule has 2 atom stereocenters. The van der Waals surface area contributed by atoms with Gasteiger partial charge in [-0.25, -0.2) is 14.4 Å². The largest absolute Gasteiger partial charge is 0.481 e. The van der Waals surface area contributed by atoms with Crippen LogP contribution in [-0.4, -0.2) is 21.0 Å². The Hall–Kier alpha value is -4.26. The summed E-state index contributed by atoms with van der Waals surface area (Å²) in [6, 6.07) is 24.6. The summed E-state index contributed by atoms with van der Waals surface area (Å²) >= 11 is 0. The molecule has 7 heteroatoms. The van der Waals surface area contributed by atoms with E-state index in [1.807, 2.05) is 63.2 Å². The number of nitrogens with zero attached hydrogens (tertiary/aromatic N) is 2. The highest BCUT2D eigenvalue weighted by molar-refractivity contribution is 5.73. The molecule has 0 amide bonds. The van der Waals surface area contributed by atoms with Gasteiger partial charge in [0.25, 0.3) is 0 Å². The van der Waals surface area contributed by atoms with Crippen LogP contribution in [0.2, 0.25) is 0 Å². The lowest BCUT2D eigenvalue weighted by Gasteiger charge is -2.34. The van der Waals surface area contributed by atoms with Crippen LogP contribution in [0.1, 0.15) is 43.5 Å². The highest BCUT2D eigenvalue weighted by Crippen LogP contribution is 2.42. The normalized spacial score (nSPS) is 13.0. The number of aliphatic carboxylic acids is 1. The summed E-state index contributed by atoms with van der Waals surface area (Å²) in [7, 11) is 0. The van der Waals surface area contributed by atoms with Crippen LogP contribution in [0.3, 0.4) is 0 Å². The number of hydrogen-bond donors (Lipinski definition) is 2. The van der Waals surface area contributed by atoms with Gasteiger partial charge in [0.1, 0.15) is 17.4 Å². The van der Waals surface area contributed by atoms with Crippen LogP contribution in [0.4, 0.5) is 10.2 Å². The van der Waals surface area contributed by atoms with Crippen molar-refractivity contribution in [2.45, 2.75) is 33.2 Å². The van der Waals surface area contributed by atoms with Crippen molar-refractivity contribution in [1.82, 2.24) is 9.97 Å². The number of aromatic nitrogens is 2. The second-order valence-electron chi connectivity index (χ2n) is 9.93. The van der Waals surface area contributed by atoms with E-state index in [4.69, 9.17) is 4.74 Å². The third kappa shape index (κ3) is 6.70. The van der Waals surface area contributed by atoms with Gasteiger partial charge in [-0.05, 0) is 59.0 Å². The van der Waals surface area contributed by atoms with Gasteiger partial charge < -0.3 is 15.2 Å². The molecule has 2 unspecified atom stereocenters. The standard InChI is InChI=1S/C30H30FN3O3/c1-30(2,3)28(29(35)36)27(21-12-14-22(31)15-13-21)24-7-6-9-26(34-24)37-23-16-10-20(11-17-23)19-33-25-8-4-5-18-32-25/h4-18,27-28H,19H2,1-3H3,(H,32,33)(H,35,36). The van der Waals surface area contributed by atoms with Gasteiger partial charge in [0, 0.05) is 24.7 Å². The lowest BCUT2D eigenvalue weighted by atomic mass is 9.69. The van der Waals surface area contributed by atoms with Gasteiger partial charge in [0.15, 0.2) is 0 Å². The molecule has 37 heavy (non-hydrogen) atoms. The van der Waals surface area contributed by atoms with Crippen molar-refractivity contribution in [3.8, 4) is 11.6 Å². The zero-order valence-corrected chi connectivity index (χ0v) is 21.1. The second-order valence-corrected chi connectivity index (χ2v) is 9.93. The van der Waals surface area contributed by atoms with E-state index in [9.17, 15) is 14.3 Å². The van der Waals surface area contributed by atoms with Crippen LogP contribution in [0.5, 0.6) is 11.6 Å². The molecule has 0 spiro atoms. The third-order valence-corrected chi connectivity index (χ3v) is 6.11. The molecule has 0 aliphatic rings. The highest BCUT2D eigenvalue weighted by atomic mass is 19.1. The molecule has 0 aliphatic carbocycles. The first-order chi connectivity index (χ1) is 17.7. The molecule has 0 aliphatic heterocycles. The summed E-state index contributed by atoms with van der Waals surface area (Å²) in [5.41, 5.74) is 1.70. The van der Waals surface area contributed by atoms with E-state index in [1.165, 1.54) is 12.1 Å². The third-order valence-electron chi connectivity index (χ3n) is 6.11. The SMILES string of the molecule is CC(C)(C)C(C(=O)O)C(c1ccc(F)cc1)c1cccc(Oc2ccc(CNc3ccccn3)cc2)n1. The van der Waals surface area contributed by atoms with E-state index in [2.05, 4.69) is 15.3 Å². The van der Waals surface area contributed by atoms with Crippen molar-refractivity contribution in [2.75, 3.05) is 5.32 Å². The Balaban J connectivity index is 1.57. The van der Waals surface area contributed by atoms with E-state index in [0.717, 1.165) is 11.4 Å². The van der Waals surface area contributed by atoms with Gasteiger partial charge in [-0.3, -0.25) is 4.79 Å². The minimum Gasteiger partial charge on any atom is -0.481 e. The number of ether oxygens (including phenoxy) is 1. The number of anilines is 1. The fourth-order valence-corrected chi connectivity index (χ4v) is 4.33. The first-order valence-corrected chi connectivity index (χ1v) is 12.1. The van der Waals surface area contributed by atoms with Gasteiger partial charge in [0.05, 0.1) is 11.6 Å². The lowest BCUT2D eigenvalue weighted by Crippen LogP contribution is -2.35. The second kappa shape index (κ2) is 11.2. The number of nitrogens with one attached hydrogen (secondary N) is 1. The fourth-order valence-electron chi connectivity index (χ4n) is 4.33. The molecule has 0 saturated heterocycles.